The summed E-state index contributed by atoms with van der Waals surface area (Å²) in [4.78, 5) is 0. The highest BCUT2D eigenvalue weighted by Gasteiger charge is 2.27. The van der Waals surface area contributed by atoms with Gasteiger partial charge in [-0.05, 0) is 83.6 Å². The van der Waals surface area contributed by atoms with Gasteiger partial charge in [-0.15, -0.1) is 0 Å². The monoisotopic (exact) mass is 588 g/mol. The van der Waals surface area contributed by atoms with Crippen LogP contribution in [0.1, 0.15) is 28.9 Å². The molecular formula is C44H32N2. The quantitative estimate of drug-likeness (QED) is 0.158. The molecule has 2 nitrogen and oxygen atoms in total. The lowest BCUT2D eigenvalue weighted by atomic mass is 9.90. The predicted octanol–water partition coefficient (Wildman–Crippen LogP) is 10.9. The molecule has 8 aromatic rings. The van der Waals surface area contributed by atoms with Gasteiger partial charge in [-0.3, -0.25) is 5.32 Å². The first-order valence-corrected chi connectivity index (χ1v) is 16.0. The van der Waals surface area contributed by atoms with Crippen molar-refractivity contribution in [2.75, 3.05) is 0 Å². The summed E-state index contributed by atoms with van der Waals surface area (Å²) in [5, 5.41) is 18.1. The average molecular weight is 589 g/mol. The topological polar surface area (TPSA) is 24.1 Å². The van der Waals surface area contributed by atoms with Crippen LogP contribution in [0, 0.1) is 0 Å². The van der Waals surface area contributed by atoms with Gasteiger partial charge in [0, 0.05) is 11.3 Å². The molecule has 8 aromatic carbocycles. The minimum Gasteiger partial charge on any atom is -0.366 e. The van der Waals surface area contributed by atoms with Gasteiger partial charge in [-0.2, -0.15) is 0 Å². The highest BCUT2D eigenvalue weighted by Crippen LogP contribution is 2.40. The number of benzene rings is 8. The van der Waals surface area contributed by atoms with Crippen LogP contribution in [-0.4, -0.2) is 0 Å². The molecule has 218 valence electrons. The molecule has 0 spiro atoms. The smallest absolute Gasteiger partial charge is 0.105 e. The Morgan fingerprint density at radius 1 is 0.413 bits per heavy atom. The van der Waals surface area contributed by atoms with E-state index in [-0.39, 0.29) is 12.2 Å². The normalized spacial score (nSPS) is 16.5. The minimum absolute atomic E-state index is 0.0261. The molecule has 0 aliphatic carbocycles. The zero-order valence-corrected chi connectivity index (χ0v) is 25.3. The molecule has 2 atom stereocenters. The summed E-state index contributed by atoms with van der Waals surface area (Å²) in [5.74, 6) is 0. The van der Waals surface area contributed by atoms with Crippen LogP contribution in [0.15, 0.2) is 170 Å². The van der Waals surface area contributed by atoms with Gasteiger partial charge < -0.3 is 5.32 Å². The molecule has 0 saturated heterocycles. The zero-order chi connectivity index (χ0) is 30.5. The zero-order valence-electron chi connectivity index (χ0n) is 25.3. The van der Waals surface area contributed by atoms with E-state index in [0.717, 1.165) is 5.70 Å². The van der Waals surface area contributed by atoms with Gasteiger partial charge in [0.05, 0.1) is 6.04 Å². The first-order valence-electron chi connectivity index (χ1n) is 16.0. The Morgan fingerprint density at radius 3 is 1.91 bits per heavy atom. The van der Waals surface area contributed by atoms with Crippen LogP contribution in [0.5, 0.6) is 0 Å². The SMILES string of the molecule is C1=C(c2cccc(-c3cccc4ccccc34)c2)NC(c2c3ccccc3cc3c2ccc2ccccc23)NC1c1ccccc1. The van der Waals surface area contributed by atoms with E-state index in [1.165, 1.54) is 70.9 Å². The summed E-state index contributed by atoms with van der Waals surface area (Å²) in [6.07, 6.45) is 2.22. The lowest BCUT2D eigenvalue weighted by Gasteiger charge is -2.34. The Morgan fingerprint density at radius 2 is 1.07 bits per heavy atom. The molecule has 0 saturated carbocycles. The van der Waals surface area contributed by atoms with Crippen molar-refractivity contribution in [3.63, 3.8) is 0 Å². The predicted molar refractivity (Wildman–Crippen MR) is 195 cm³/mol. The summed E-state index contributed by atoms with van der Waals surface area (Å²) in [6, 6.07) is 59.4. The third-order valence-corrected chi connectivity index (χ3v) is 9.51. The molecule has 2 heteroatoms. The number of fused-ring (bicyclic) bond motifs is 5. The van der Waals surface area contributed by atoms with E-state index in [0.29, 0.717) is 0 Å². The highest BCUT2D eigenvalue weighted by atomic mass is 15.2. The lowest BCUT2D eigenvalue weighted by Crippen LogP contribution is -2.39. The number of nitrogens with one attached hydrogen (secondary N) is 2. The fourth-order valence-corrected chi connectivity index (χ4v) is 7.32. The average Bonchev–Trinajstić information content (AvgIpc) is 3.14. The van der Waals surface area contributed by atoms with E-state index in [1.807, 2.05) is 0 Å². The maximum atomic E-state index is 4.00. The summed E-state index contributed by atoms with van der Waals surface area (Å²) in [5.41, 5.74) is 7.28. The molecular weight excluding hydrogens is 556 g/mol. The van der Waals surface area contributed by atoms with Crippen LogP contribution in [0.2, 0.25) is 0 Å². The van der Waals surface area contributed by atoms with E-state index in [9.17, 15) is 0 Å². The van der Waals surface area contributed by atoms with Crippen LogP contribution in [0.4, 0.5) is 0 Å². The molecule has 2 unspecified atom stereocenters. The van der Waals surface area contributed by atoms with Crippen molar-refractivity contribution in [3.8, 4) is 11.1 Å². The molecule has 0 aromatic heterocycles. The molecule has 1 aliphatic heterocycles. The van der Waals surface area contributed by atoms with Crippen molar-refractivity contribution in [2.24, 2.45) is 0 Å². The first kappa shape index (κ1) is 26.7. The van der Waals surface area contributed by atoms with Gasteiger partial charge in [0.15, 0.2) is 0 Å². The Labute approximate surface area is 268 Å². The minimum atomic E-state index is -0.124. The molecule has 0 bridgehead atoms. The van der Waals surface area contributed by atoms with E-state index >= 15 is 0 Å². The van der Waals surface area contributed by atoms with Crippen LogP contribution in [-0.2, 0) is 0 Å². The van der Waals surface area contributed by atoms with Crippen molar-refractivity contribution in [1.29, 1.82) is 0 Å². The van der Waals surface area contributed by atoms with Crippen molar-refractivity contribution in [3.05, 3.63) is 187 Å². The summed E-state index contributed by atoms with van der Waals surface area (Å²) in [6.45, 7) is 0. The van der Waals surface area contributed by atoms with Crippen molar-refractivity contribution in [1.82, 2.24) is 10.6 Å². The second-order valence-corrected chi connectivity index (χ2v) is 12.2. The third-order valence-electron chi connectivity index (χ3n) is 9.51. The fraction of sp³-hybridized carbons (Fsp3) is 0.0455. The fourth-order valence-electron chi connectivity index (χ4n) is 7.32. The summed E-state index contributed by atoms with van der Waals surface area (Å²) >= 11 is 0. The Balaban J connectivity index is 1.23. The molecule has 0 fully saturated rings. The molecule has 1 aliphatic rings. The lowest BCUT2D eigenvalue weighted by molar-refractivity contribution is 0.447. The molecule has 9 rings (SSSR count). The number of hydrogen-bond donors (Lipinski definition) is 2. The maximum absolute atomic E-state index is 4.00. The van der Waals surface area contributed by atoms with Crippen molar-refractivity contribution >= 4 is 48.8 Å². The van der Waals surface area contributed by atoms with Gasteiger partial charge in [-0.1, -0.05) is 152 Å². The van der Waals surface area contributed by atoms with E-state index in [1.54, 1.807) is 0 Å². The first-order chi connectivity index (χ1) is 22.8. The maximum Gasteiger partial charge on any atom is 0.105 e. The van der Waals surface area contributed by atoms with Gasteiger partial charge in [0.25, 0.3) is 0 Å². The standard InChI is InChI=1S/C44H32N2/c1-2-14-31(15-3-1)41-28-42(34-19-10-18-32(26-34)37-23-11-17-29-12-4-7-20-35(29)37)46-44(45-41)43-38-22-9-6-16-33(38)27-40-36-21-8-5-13-30(36)24-25-39(40)43/h1-28,41,44-46H. The van der Waals surface area contributed by atoms with Crippen molar-refractivity contribution < 1.29 is 0 Å². The second-order valence-electron chi connectivity index (χ2n) is 12.2. The third kappa shape index (κ3) is 4.54. The van der Waals surface area contributed by atoms with E-state index in [4.69, 9.17) is 0 Å². The summed E-state index contributed by atoms with van der Waals surface area (Å²) < 4.78 is 0. The van der Waals surface area contributed by atoms with Crippen LogP contribution < -0.4 is 10.6 Å². The second kappa shape index (κ2) is 11.0. The molecule has 0 radical (unpaired) electrons. The van der Waals surface area contributed by atoms with E-state index < -0.39 is 0 Å². The molecule has 1 heterocycles. The summed E-state index contributed by atoms with van der Waals surface area (Å²) in [7, 11) is 0. The Hall–Kier alpha value is -5.70. The van der Waals surface area contributed by atoms with Gasteiger partial charge in [0.2, 0.25) is 0 Å². The van der Waals surface area contributed by atoms with Gasteiger partial charge >= 0.3 is 0 Å². The Kier molecular flexibility index (Phi) is 6.40. The molecule has 2 N–H and O–H groups in total. The van der Waals surface area contributed by atoms with Gasteiger partial charge in [-0.25, -0.2) is 0 Å². The largest absolute Gasteiger partial charge is 0.366 e. The van der Waals surface area contributed by atoms with Gasteiger partial charge in [0.1, 0.15) is 6.17 Å². The highest BCUT2D eigenvalue weighted by molar-refractivity contribution is 6.14. The van der Waals surface area contributed by atoms with Crippen LogP contribution in [0.3, 0.4) is 0 Å². The van der Waals surface area contributed by atoms with Crippen LogP contribution in [0.25, 0.3) is 59.9 Å². The molecule has 46 heavy (non-hydrogen) atoms. The van der Waals surface area contributed by atoms with Crippen LogP contribution >= 0.6 is 0 Å². The Bertz CT molecular complexity index is 2430. The van der Waals surface area contributed by atoms with Crippen molar-refractivity contribution in [2.45, 2.75) is 12.2 Å². The number of rotatable bonds is 4. The number of hydrogen-bond acceptors (Lipinski definition) is 2. The van der Waals surface area contributed by atoms with E-state index in [2.05, 4.69) is 181 Å². The molecule has 0 amide bonds.